The van der Waals surface area contributed by atoms with Crippen molar-refractivity contribution in [2.24, 2.45) is 5.92 Å². The number of furan rings is 1. The minimum absolute atomic E-state index is 0.162. The maximum absolute atomic E-state index is 13.1. The second-order valence-electron chi connectivity index (χ2n) is 5.29. The van der Waals surface area contributed by atoms with Gasteiger partial charge in [-0.15, -0.1) is 0 Å². The lowest BCUT2D eigenvalue weighted by Crippen LogP contribution is -2.19. The highest BCUT2D eigenvalue weighted by atomic mass is 19.1. The second kappa shape index (κ2) is 7.22. The van der Waals surface area contributed by atoms with Crippen LogP contribution in [0, 0.1) is 17.6 Å². The van der Waals surface area contributed by atoms with Crippen molar-refractivity contribution in [1.82, 2.24) is 5.32 Å². The van der Waals surface area contributed by atoms with E-state index in [1.807, 2.05) is 0 Å². The summed E-state index contributed by atoms with van der Waals surface area (Å²) in [7, 11) is 0. The number of rotatable bonds is 7. The van der Waals surface area contributed by atoms with Gasteiger partial charge < -0.3 is 14.5 Å². The van der Waals surface area contributed by atoms with Gasteiger partial charge in [-0.2, -0.15) is 0 Å². The Labute approximate surface area is 122 Å². The van der Waals surface area contributed by atoms with E-state index < -0.39 is 11.6 Å². The number of benzene rings is 1. The fourth-order valence-electron chi connectivity index (χ4n) is 1.90. The molecule has 0 saturated heterocycles. The zero-order chi connectivity index (χ0) is 15.2. The van der Waals surface area contributed by atoms with Crippen LogP contribution in [0.2, 0.25) is 0 Å². The first kappa shape index (κ1) is 15.5. The lowest BCUT2D eigenvalue weighted by atomic mass is 10.2. The van der Waals surface area contributed by atoms with Crippen molar-refractivity contribution in [3.05, 3.63) is 53.5 Å². The molecule has 0 amide bonds. The molecule has 2 rings (SSSR count). The van der Waals surface area contributed by atoms with Gasteiger partial charge in [-0.25, -0.2) is 8.78 Å². The molecule has 3 nitrogen and oxygen atoms in total. The minimum Gasteiger partial charge on any atom is -0.489 e. The van der Waals surface area contributed by atoms with Crippen LogP contribution in [-0.4, -0.2) is 6.54 Å². The SMILES string of the molecule is CC(C)CNCc1occc1COc1cc(F)cc(F)c1. The van der Waals surface area contributed by atoms with Crippen LogP contribution in [0.4, 0.5) is 8.78 Å². The van der Waals surface area contributed by atoms with Crippen molar-refractivity contribution < 1.29 is 17.9 Å². The van der Waals surface area contributed by atoms with Gasteiger partial charge in [-0.3, -0.25) is 0 Å². The molecule has 1 N–H and O–H groups in total. The number of ether oxygens (including phenoxy) is 1. The Kier molecular flexibility index (Phi) is 5.33. The molecular formula is C16H19F2NO2. The van der Waals surface area contributed by atoms with Crippen molar-refractivity contribution in [3.8, 4) is 5.75 Å². The fourth-order valence-corrected chi connectivity index (χ4v) is 1.90. The molecule has 0 aliphatic rings. The molecule has 5 heteroatoms. The van der Waals surface area contributed by atoms with E-state index in [9.17, 15) is 8.78 Å². The lowest BCUT2D eigenvalue weighted by Gasteiger charge is -2.09. The van der Waals surface area contributed by atoms with Crippen LogP contribution < -0.4 is 10.1 Å². The molecule has 0 aliphatic heterocycles. The van der Waals surface area contributed by atoms with Gasteiger partial charge in [0, 0.05) is 23.8 Å². The van der Waals surface area contributed by atoms with Gasteiger partial charge in [0.2, 0.25) is 0 Å². The van der Waals surface area contributed by atoms with Gasteiger partial charge in [-0.1, -0.05) is 13.8 Å². The first-order valence-corrected chi connectivity index (χ1v) is 6.89. The van der Waals surface area contributed by atoms with Crippen molar-refractivity contribution in [2.45, 2.75) is 27.0 Å². The molecule has 0 unspecified atom stereocenters. The normalized spacial score (nSPS) is 11.1. The smallest absolute Gasteiger partial charge is 0.129 e. The van der Waals surface area contributed by atoms with Crippen molar-refractivity contribution >= 4 is 0 Å². The van der Waals surface area contributed by atoms with Crippen LogP contribution in [0.15, 0.2) is 34.9 Å². The molecule has 0 atom stereocenters. The summed E-state index contributed by atoms with van der Waals surface area (Å²) >= 11 is 0. The third-order valence-electron chi connectivity index (χ3n) is 2.91. The topological polar surface area (TPSA) is 34.4 Å². The van der Waals surface area contributed by atoms with Gasteiger partial charge in [0.1, 0.15) is 29.8 Å². The Morgan fingerprint density at radius 3 is 2.57 bits per heavy atom. The van der Waals surface area contributed by atoms with E-state index >= 15 is 0 Å². The van der Waals surface area contributed by atoms with Crippen LogP contribution in [0.25, 0.3) is 0 Å². The molecule has 114 valence electrons. The monoisotopic (exact) mass is 295 g/mol. The van der Waals surface area contributed by atoms with E-state index in [0.29, 0.717) is 12.5 Å². The van der Waals surface area contributed by atoms with Crippen LogP contribution in [-0.2, 0) is 13.2 Å². The molecule has 1 aromatic carbocycles. The average molecular weight is 295 g/mol. The van der Waals surface area contributed by atoms with E-state index in [0.717, 1.165) is 36.1 Å². The Morgan fingerprint density at radius 2 is 1.90 bits per heavy atom. The highest BCUT2D eigenvalue weighted by Crippen LogP contribution is 2.18. The van der Waals surface area contributed by atoms with E-state index in [2.05, 4.69) is 19.2 Å². The standard InChI is InChI=1S/C16H19F2NO2/c1-11(2)8-19-9-16-12(3-4-20-16)10-21-15-6-13(17)5-14(18)7-15/h3-7,11,19H,8-10H2,1-2H3. The molecule has 21 heavy (non-hydrogen) atoms. The zero-order valence-electron chi connectivity index (χ0n) is 12.2. The highest BCUT2D eigenvalue weighted by molar-refractivity contribution is 5.25. The van der Waals surface area contributed by atoms with E-state index in [1.165, 1.54) is 0 Å². The summed E-state index contributed by atoms with van der Waals surface area (Å²) in [5.74, 6) is 0.171. The highest BCUT2D eigenvalue weighted by Gasteiger charge is 2.08. The van der Waals surface area contributed by atoms with Crippen molar-refractivity contribution in [1.29, 1.82) is 0 Å². The Balaban J connectivity index is 1.92. The summed E-state index contributed by atoms with van der Waals surface area (Å²) in [6, 6.07) is 4.91. The molecule has 0 radical (unpaired) electrons. The van der Waals surface area contributed by atoms with Crippen molar-refractivity contribution in [2.75, 3.05) is 6.54 Å². The van der Waals surface area contributed by atoms with Crippen molar-refractivity contribution in [3.63, 3.8) is 0 Å². The van der Waals surface area contributed by atoms with Gasteiger partial charge in [0.15, 0.2) is 0 Å². The van der Waals surface area contributed by atoms with Crippen LogP contribution in [0.3, 0.4) is 0 Å². The van der Waals surface area contributed by atoms with Gasteiger partial charge in [0.25, 0.3) is 0 Å². The number of hydrogen-bond donors (Lipinski definition) is 1. The van der Waals surface area contributed by atoms with E-state index in [-0.39, 0.29) is 12.4 Å². The number of halogens is 2. The summed E-state index contributed by atoms with van der Waals surface area (Å²) in [4.78, 5) is 0. The Bertz CT molecular complexity index is 561. The predicted molar refractivity (Wildman–Crippen MR) is 75.9 cm³/mol. The van der Waals surface area contributed by atoms with Crippen LogP contribution in [0.5, 0.6) is 5.75 Å². The maximum atomic E-state index is 13.1. The summed E-state index contributed by atoms with van der Waals surface area (Å²) in [5.41, 5.74) is 0.857. The molecule has 1 aromatic heterocycles. The van der Waals surface area contributed by atoms with Gasteiger partial charge in [0.05, 0.1) is 12.8 Å². The molecule has 0 fully saturated rings. The first-order chi connectivity index (χ1) is 10.0. The van der Waals surface area contributed by atoms with E-state index in [1.54, 1.807) is 12.3 Å². The summed E-state index contributed by atoms with van der Waals surface area (Å²) in [5, 5.41) is 3.27. The summed E-state index contributed by atoms with van der Waals surface area (Å²) < 4.78 is 36.9. The Morgan fingerprint density at radius 1 is 1.19 bits per heavy atom. The predicted octanol–water partition coefficient (Wildman–Crippen LogP) is 3.88. The summed E-state index contributed by atoms with van der Waals surface area (Å²) in [6.45, 7) is 5.94. The molecule has 0 saturated carbocycles. The van der Waals surface area contributed by atoms with Crippen LogP contribution in [0.1, 0.15) is 25.2 Å². The van der Waals surface area contributed by atoms with Gasteiger partial charge in [-0.05, 0) is 18.5 Å². The molecule has 1 heterocycles. The molecule has 2 aromatic rings. The average Bonchev–Trinajstić information content (AvgIpc) is 2.82. The molecule has 0 bridgehead atoms. The third-order valence-corrected chi connectivity index (χ3v) is 2.91. The number of nitrogens with one attached hydrogen (secondary N) is 1. The second-order valence-corrected chi connectivity index (χ2v) is 5.29. The summed E-state index contributed by atoms with van der Waals surface area (Å²) in [6.07, 6.45) is 1.58. The number of hydrogen-bond acceptors (Lipinski definition) is 3. The minimum atomic E-state index is -0.656. The quantitative estimate of drug-likeness (QED) is 0.841. The van der Waals surface area contributed by atoms with Gasteiger partial charge >= 0.3 is 0 Å². The fraction of sp³-hybridized carbons (Fsp3) is 0.375. The zero-order valence-corrected chi connectivity index (χ0v) is 12.2. The maximum Gasteiger partial charge on any atom is 0.129 e. The van der Waals surface area contributed by atoms with Crippen LogP contribution >= 0.6 is 0 Å². The molecule has 0 spiro atoms. The first-order valence-electron chi connectivity index (χ1n) is 6.89. The molecular weight excluding hydrogens is 276 g/mol. The van der Waals surface area contributed by atoms with E-state index in [4.69, 9.17) is 9.15 Å². The molecule has 0 aliphatic carbocycles. The largest absolute Gasteiger partial charge is 0.489 e. The lowest BCUT2D eigenvalue weighted by molar-refractivity contribution is 0.298. The Hall–Kier alpha value is -1.88. The third kappa shape index (κ3) is 4.86.